The third-order valence-electron chi connectivity index (χ3n) is 3.95. The highest BCUT2D eigenvalue weighted by atomic mass is 16.4. The Bertz CT molecular complexity index is 414. The molecule has 1 aliphatic carbocycles. The fourth-order valence-electron chi connectivity index (χ4n) is 2.69. The molecule has 0 radical (unpaired) electrons. The van der Waals surface area contributed by atoms with Crippen molar-refractivity contribution in [2.45, 2.75) is 38.6 Å². The van der Waals surface area contributed by atoms with E-state index in [2.05, 4.69) is 5.32 Å². The molecule has 0 unspecified atom stereocenters. The Morgan fingerprint density at radius 1 is 1.19 bits per heavy atom. The number of carbonyl (C=O) groups excluding carboxylic acids is 2. The van der Waals surface area contributed by atoms with Crippen LogP contribution < -0.4 is 5.32 Å². The lowest BCUT2D eigenvalue weighted by Gasteiger charge is -2.35. The summed E-state index contributed by atoms with van der Waals surface area (Å²) in [5, 5.41) is 11.8. The predicted octanol–water partition coefficient (Wildman–Crippen LogP) is 0.504. The average molecular weight is 297 g/mol. The van der Waals surface area contributed by atoms with E-state index in [0.717, 1.165) is 25.7 Å². The summed E-state index contributed by atoms with van der Waals surface area (Å²) in [6.07, 6.45) is 3.59. The number of likely N-dealkylation sites (tertiary alicyclic amines) is 1. The van der Waals surface area contributed by atoms with Crippen molar-refractivity contribution in [3.05, 3.63) is 0 Å². The summed E-state index contributed by atoms with van der Waals surface area (Å²) in [6.45, 7) is 2.91. The first-order chi connectivity index (χ1) is 9.95. The molecule has 2 rings (SSSR count). The maximum Gasteiger partial charge on any atom is 0.323 e. The van der Waals surface area contributed by atoms with Gasteiger partial charge in [-0.05, 0) is 31.6 Å². The zero-order valence-corrected chi connectivity index (χ0v) is 12.4. The minimum absolute atomic E-state index is 0.0546. The Kier molecular flexibility index (Phi) is 5.03. The van der Waals surface area contributed by atoms with Crippen molar-refractivity contribution >= 4 is 17.9 Å². The maximum atomic E-state index is 12.4. The summed E-state index contributed by atoms with van der Waals surface area (Å²) >= 11 is 0. The van der Waals surface area contributed by atoms with Gasteiger partial charge >= 0.3 is 12.0 Å². The van der Waals surface area contributed by atoms with Crippen LogP contribution in [0.4, 0.5) is 4.79 Å². The van der Waals surface area contributed by atoms with Crippen molar-refractivity contribution in [3.8, 4) is 0 Å². The Morgan fingerprint density at radius 2 is 1.81 bits per heavy atom. The van der Waals surface area contributed by atoms with Gasteiger partial charge in [0.2, 0.25) is 5.91 Å². The van der Waals surface area contributed by atoms with Crippen molar-refractivity contribution in [2.75, 3.05) is 26.2 Å². The van der Waals surface area contributed by atoms with Crippen molar-refractivity contribution in [2.24, 2.45) is 5.92 Å². The molecule has 2 N–H and O–H groups in total. The lowest BCUT2D eigenvalue weighted by Crippen LogP contribution is -2.51. The van der Waals surface area contributed by atoms with Gasteiger partial charge in [-0.15, -0.1) is 0 Å². The highest BCUT2D eigenvalue weighted by Gasteiger charge is 2.32. The van der Waals surface area contributed by atoms with Gasteiger partial charge in [-0.1, -0.05) is 0 Å². The van der Waals surface area contributed by atoms with Crippen LogP contribution in [0.3, 0.4) is 0 Å². The first-order valence-corrected chi connectivity index (χ1v) is 7.48. The number of nitrogens with zero attached hydrogens (tertiary/aromatic N) is 2. The van der Waals surface area contributed by atoms with Gasteiger partial charge in [0, 0.05) is 32.6 Å². The van der Waals surface area contributed by atoms with E-state index in [1.807, 2.05) is 0 Å². The second-order valence-corrected chi connectivity index (χ2v) is 5.96. The third kappa shape index (κ3) is 4.91. The summed E-state index contributed by atoms with van der Waals surface area (Å²) in [7, 11) is 0. The molecule has 7 nitrogen and oxygen atoms in total. The van der Waals surface area contributed by atoms with E-state index in [0.29, 0.717) is 25.6 Å². The quantitative estimate of drug-likeness (QED) is 0.773. The number of piperidine rings is 1. The van der Waals surface area contributed by atoms with E-state index in [-0.39, 0.29) is 24.5 Å². The zero-order valence-electron chi connectivity index (χ0n) is 12.4. The Morgan fingerprint density at radius 3 is 2.29 bits per heavy atom. The van der Waals surface area contributed by atoms with Crippen LogP contribution >= 0.6 is 0 Å². The van der Waals surface area contributed by atoms with Crippen molar-refractivity contribution in [1.82, 2.24) is 15.1 Å². The number of amides is 3. The largest absolute Gasteiger partial charge is 0.480 e. The monoisotopic (exact) mass is 297 g/mol. The van der Waals surface area contributed by atoms with Gasteiger partial charge in [0.15, 0.2) is 0 Å². The Balaban J connectivity index is 1.85. The van der Waals surface area contributed by atoms with Gasteiger partial charge < -0.3 is 20.2 Å². The van der Waals surface area contributed by atoms with Crippen LogP contribution in [0.15, 0.2) is 0 Å². The fourth-order valence-corrected chi connectivity index (χ4v) is 2.69. The molecule has 1 heterocycles. The molecule has 0 spiro atoms. The molecule has 3 amide bonds. The molecule has 118 valence electrons. The van der Waals surface area contributed by atoms with E-state index in [1.165, 1.54) is 11.8 Å². The van der Waals surface area contributed by atoms with Crippen LogP contribution in [-0.2, 0) is 9.59 Å². The number of carboxylic acid groups (broad SMARTS) is 1. The number of nitrogens with one attached hydrogen (secondary N) is 1. The molecule has 0 aromatic carbocycles. The highest BCUT2D eigenvalue weighted by molar-refractivity contribution is 5.80. The number of aliphatic carboxylic acids is 1. The molecule has 2 fully saturated rings. The number of hydrogen-bond acceptors (Lipinski definition) is 3. The Labute approximate surface area is 124 Å². The minimum Gasteiger partial charge on any atom is -0.480 e. The molecule has 2 aliphatic rings. The van der Waals surface area contributed by atoms with Gasteiger partial charge in [0.25, 0.3) is 0 Å². The highest BCUT2D eigenvalue weighted by Crippen LogP contribution is 2.30. The van der Waals surface area contributed by atoms with Crippen LogP contribution in [0, 0.1) is 5.92 Å². The van der Waals surface area contributed by atoms with Gasteiger partial charge in [-0.2, -0.15) is 0 Å². The van der Waals surface area contributed by atoms with Crippen molar-refractivity contribution in [1.29, 1.82) is 0 Å². The summed E-state index contributed by atoms with van der Waals surface area (Å²) in [6, 6.07) is -0.0755. The smallest absolute Gasteiger partial charge is 0.323 e. The first-order valence-electron chi connectivity index (χ1n) is 7.48. The van der Waals surface area contributed by atoms with Gasteiger partial charge in [-0.25, -0.2) is 4.79 Å². The molecule has 0 atom stereocenters. The number of hydrogen-bond donors (Lipinski definition) is 2. The molecule has 0 bridgehead atoms. The maximum absolute atomic E-state index is 12.4. The minimum atomic E-state index is -0.975. The second-order valence-electron chi connectivity index (χ2n) is 5.96. The molecule has 21 heavy (non-hydrogen) atoms. The molecule has 1 saturated heterocycles. The second kappa shape index (κ2) is 6.78. The third-order valence-corrected chi connectivity index (χ3v) is 3.95. The lowest BCUT2D eigenvalue weighted by atomic mass is 10.1. The van der Waals surface area contributed by atoms with Crippen LogP contribution in [-0.4, -0.2) is 65.0 Å². The van der Waals surface area contributed by atoms with E-state index in [1.54, 1.807) is 4.90 Å². The summed E-state index contributed by atoms with van der Waals surface area (Å²) < 4.78 is 0. The molecule has 7 heteroatoms. The fraction of sp³-hybridized carbons (Fsp3) is 0.786. The number of rotatable bonds is 5. The topological polar surface area (TPSA) is 90.0 Å². The van der Waals surface area contributed by atoms with Gasteiger partial charge in [0.05, 0.1) is 0 Å². The molecule has 1 aliphatic heterocycles. The predicted molar refractivity (Wildman–Crippen MR) is 75.7 cm³/mol. The van der Waals surface area contributed by atoms with Crippen LogP contribution in [0.5, 0.6) is 0 Å². The van der Waals surface area contributed by atoms with Crippen LogP contribution in [0.25, 0.3) is 0 Å². The lowest BCUT2D eigenvalue weighted by molar-refractivity contribution is -0.137. The van der Waals surface area contributed by atoms with E-state index in [4.69, 9.17) is 5.11 Å². The average Bonchev–Trinajstić information content (AvgIpc) is 3.21. The summed E-state index contributed by atoms with van der Waals surface area (Å²) in [5.41, 5.74) is 0. The molecular formula is C14H23N3O4. The van der Waals surface area contributed by atoms with Gasteiger partial charge in [-0.3, -0.25) is 9.59 Å². The van der Waals surface area contributed by atoms with E-state index >= 15 is 0 Å². The standard InChI is InChI=1S/C14H23N3O4/c1-10(18)15-12-4-6-16(7-5-12)14(21)17(9-13(19)20)8-11-2-3-11/h11-12H,2-9H2,1H3,(H,15,18)(H,19,20). The van der Waals surface area contributed by atoms with Crippen molar-refractivity contribution in [3.63, 3.8) is 0 Å². The van der Waals surface area contributed by atoms with E-state index < -0.39 is 5.97 Å². The number of carbonyl (C=O) groups is 3. The summed E-state index contributed by atoms with van der Waals surface area (Å²) in [5.74, 6) is -0.566. The number of urea groups is 1. The zero-order chi connectivity index (χ0) is 15.4. The summed E-state index contributed by atoms with van der Waals surface area (Å²) in [4.78, 5) is 37.5. The normalized spacial score (nSPS) is 19.2. The van der Waals surface area contributed by atoms with Crippen LogP contribution in [0.1, 0.15) is 32.6 Å². The first kappa shape index (κ1) is 15.6. The van der Waals surface area contributed by atoms with Crippen LogP contribution in [0.2, 0.25) is 0 Å². The molecule has 1 saturated carbocycles. The molecule has 0 aromatic heterocycles. The SMILES string of the molecule is CC(=O)NC1CCN(C(=O)N(CC(=O)O)CC2CC2)CC1. The Hall–Kier alpha value is -1.79. The molecule has 0 aromatic rings. The molecular weight excluding hydrogens is 274 g/mol. The van der Waals surface area contributed by atoms with E-state index in [9.17, 15) is 14.4 Å². The number of carboxylic acids is 1. The van der Waals surface area contributed by atoms with Crippen molar-refractivity contribution < 1.29 is 19.5 Å². The van der Waals surface area contributed by atoms with Gasteiger partial charge in [0.1, 0.15) is 6.54 Å².